The molecule has 6 heteroatoms. The molecule has 0 bridgehead atoms. The van der Waals surface area contributed by atoms with E-state index < -0.39 is 4.92 Å². The average molecular weight is 285 g/mol. The number of non-ortho nitro benzene ring substituents is 1. The summed E-state index contributed by atoms with van der Waals surface area (Å²) in [6.45, 7) is 3.88. The number of hydrogen-bond donors (Lipinski definition) is 0. The normalized spacial score (nSPS) is 10.8. The molecule has 0 aliphatic rings. The lowest BCUT2D eigenvalue weighted by Gasteiger charge is -2.08. The Kier molecular flexibility index (Phi) is 4.27. The minimum Gasteiger partial charge on any atom is -0.496 e. The number of aryl methyl sites for hydroxylation is 2. The SMILES string of the molecule is COc1c(C)cc(N=Nc2ccc([N+](=O)[O-])cc2)cc1C. The maximum Gasteiger partial charge on any atom is 0.269 e. The van der Waals surface area contributed by atoms with Crippen LogP contribution in [0.4, 0.5) is 17.1 Å². The van der Waals surface area contributed by atoms with Crippen LogP contribution in [0.1, 0.15) is 11.1 Å². The summed E-state index contributed by atoms with van der Waals surface area (Å²) in [7, 11) is 1.63. The zero-order valence-electron chi connectivity index (χ0n) is 12.0. The Morgan fingerprint density at radius 2 is 1.52 bits per heavy atom. The quantitative estimate of drug-likeness (QED) is 0.466. The number of ether oxygens (including phenoxy) is 1. The number of nitro groups is 1. The van der Waals surface area contributed by atoms with Crippen molar-refractivity contribution < 1.29 is 9.66 Å². The average Bonchev–Trinajstić information content (AvgIpc) is 2.45. The standard InChI is InChI=1S/C15H15N3O3/c1-10-8-13(9-11(2)15(10)21-3)17-16-12-4-6-14(7-5-12)18(19)20/h4-9H,1-3H3. The smallest absolute Gasteiger partial charge is 0.269 e. The molecular formula is C15H15N3O3. The van der Waals surface area contributed by atoms with Crippen molar-refractivity contribution in [3.05, 3.63) is 57.6 Å². The monoisotopic (exact) mass is 285 g/mol. The molecule has 0 aliphatic carbocycles. The van der Waals surface area contributed by atoms with E-state index in [1.807, 2.05) is 26.0 Å². The highest BCUT2D eigenvalue weighted by atomic mass is 16.6. The molecule has 0 saturated carbocycles. The fourth-order valence-electron chi connectivity index (χ4n) is 2.06. The van der Waals surface area contributed by atoms with Crippen LogP contribution in [0, 0.1) is 24.0 Å². The van der Waals surface area contributed by atoms with Gasteiger partial charge in [-0.2, -0.15) is 10.2 Å². The highest BCUT2D eigenvalue weighted by molar-refractivity contribution is 5.52. The molecule has 0 heterocycles. The van der Waals surface area contributed by atoms with Crippen LogP contribution in [0.3, 0.4) is 0 Å². The summed E-state index contributed by atoms with van der Waals surface area (Å²) in [6.07, 6.45) is 0. The minimum absolute atomic E-state index is 0.0325. The van der Waals surface area contributed by atoms with Gasteiger partial charge < -0.3 is 4.74 Å². The molecule has 0 aromatic heterocycles. The Morgan fingerprint density at radius 3 is 2.00 bits per heavy atom. The van der Waals surface area contributed by atoms with Crippen molar-refractivity contribution in [2.45, 2.75) is 13.8 Å². The van der Waals surface area contributed by atoms with Gasteiger partial charge in [0.2, 0.25) is 0 Å². The second-order valence-corrected chi connectivity index (χ2v) is 4.59. The highest BCUT2D eigenvalue weighted by Crippen LogP contribution is 2.29. The van der Waals surface area contributed by atoms with Gasteiger partial charge >= 0.3 is 0 Å². The molecule has 0 aliphatic heterocycles. The summed E-state index contributed by atoms with van der Waals surface area (Å²) in [5, 5.41) is 18.8. The minimum atomic E-state index is -0.447. The van der Waals surface area contributed by atoms with Crippen molar-refractivity contribution in [1.82, 2.24) is 0 Å². The van der Waals surface area contributed by atoms with Crippen LogP contribution in [0.15, 0.2) is 46.6 Å². The van der Waals surface area contributed by atoms with Crippen LogP contribution >= 0.6 is 0 Å². The summed E-state index contributed by atoms with van der Waals surface area (Å²) in [5.41, 5.74) is 3.27. The van der Waals surface area contributed by atoms with E-state index in [0.29, 0.717) is 11.4 Å². The first-order chi connectivity index (χ1) is 10.0. The predicted molar refractivity (Wildman–Crippen MR) is 79.7 cm³/mol. The Hall–Kier alpha value is -2.76. The number of rotatable bonds is 4. The van der Waals surface area contributed by atoms with Crippen molar-refractivity contribution in [3.8, 4) is 5.75 Å². The number of hydrogen-bond acceptors (Lipinski definition) is 5. The molecule has 0 radical (unpaired) electrons. The zero-order valence-corrected chi connectivity index (χ0v) is 12.0. The van der Waals surface area contributed by atoms with Gasteiger partial charge in [0.1, 0.15) is 5.75 Å². The lowest BCUT2D eigenvalue weighted by molar-refractivity contribution is -0.384. The van der Waals surface area contributed by atoms with Crippen LogP contribution < -0.4 is 4.74 Å². The fourth-order valence-corrected chi connectivity index (χ4v) is 2.06. The molecule has 108 valence electrons. The highest BCUT2D eigenvalue weighted by Gasteiger charge is 2.05. The van der Waals surface area contributed by atoms with E-state index in [2.05, 4.69) is 10.2 Å². The van der Waals surface area contributed by atoms with Crippen LogP contribution in [-0.4, -0.2) is 12.0 Å². The van der Waals surface area contributed by atoms with Crippen LogP contribution in [0.2, 0.25) is 0 Å². The summed E-state index contributed by atoms with van der Waals surface area (Å²) < 4.78 is 5.29. The van der Waals surface area contributed by atoms with Gasteiger partial charge in [0.05, 0.1) is 23.4 Å². The van der Waals surface area contributed by atoms with Crippen molar-refractivity contribution in [2.24, 2.45) is 10.2 Å². The first-order valence-electron chi connectivity index (χ1n) is 6.32. The largest absolute Gasteiger partial charge is 0.496 e. The zero-order chi connectivity index (χ0) is 15.4. The molecule has 0 atom stereocenters. The molecule has 0 amide bonds. The molecule has 0 N–H and O–H groups in total. The lowest BCUT2D eigenvalue weighted by atomic mass is 10.1. The third-order valence-corrected chi connectivity index (χ3v) is 2.99. The predicted octanol–water partition coefficient (Wildman–Crippen LogP) is 4.64. The van der Waals surface area contributed by atoms with Gasteiger partial charge in [-0.25, -0.2) is 0 Å². The van der Waals surface area contributed by atoms with Crippen molar-refractivity contribution in [1.29, 1.82) is 0 Å². The molecule has 0 fully saturated rings. The summed E-state index contributed by atoms with van der Waals surface area (Å²) in [5.74, 6) is 0.837. The molecule has 21 heavy (non-hydrogen) atoms. The molecule has 0 unspecified atom stereocenters. The summed E-state index contributed by atoms with van der Waals surface area (Å²) >= 11 is 0. The van der Waals surface area contributed by atoms with Crippen molar-refractivity contribution in [3.63, 3.8) is 0 Å². The Bertz CT molecular complexity index is 671. The van der Waals surface area contributed by atoms with E-state index in [4.69, 9.17) is 4.74 Å². The van der Waals surface area contributed by atoms with Gasteiger partial charge in [-0.3, -0.25) is 10.1 Å². The topological polar surface area (TPSA) is 77.1 Å². The number of methoxy groups -OCH3 is 1. The fraction of sp³-hybridized carbons (Fsp3) is 0.200. The van der Waals surface area contributed by atoms with E-state index in [1.54, 1.807) is 19.2 Å². The first kappa shape index (κ1) is 14.6. The van der Waals surface area contributed by atoms with E-state index in [1.165, 1.54) is 12.1 Å². The van der Waals surface area contributed by atoms with Gasteiger partial charge in [0.25, 0.3) is 5.69 Å². The number of nitrogens with zero attached hydrogens (tertiary/aromatic N) is 3. The Labute approximate surface area is 122 Å². The molecule has 2 aromatic carbocycles. The van der Waals surface area contributed by atoms with Gasteiger partial charge in [-0.15, -0.1) is 0 Å². The van der Waals surface area contributed by atoms with E-state index in [-0.39, 0.29) is 5.69 Å². The molecule has 0 spiro atoms. The third-order valence-electron chi connectivity index (χ3n) is 2.99. The number of azo groups is 1. The molecule has 2 rings (SSSR count). The number of nitro benzene ring substituents is 1. The lowest BCUT2D eigenvalue weighted by Crippen LogP contribution is -1.90. The van der Waals surface area contributed by atoms with Crippen molar-refractivity contribution in [2.75, 3.05) is 7.11 Å². The van der Waals surface area contributed by atoms with Gasteiger partial charge in [-0.1, -0.05) is 0 Å². The van der Waals surface area contributed by atoms with Gasteiger partial charge in [0, 0.05) is 12.1 Å². The maximum atomic E-state index is 10.6. The Morgan fingerprint density at radius 1 is 1.00 bits per heavy atom. The second kappa shape index (κ2) is 6.13. The van der Waals surface area contributed by atoms with E-state index >= 15 is 0 Å². The van der Waals surface area contributed by atoms with Gasteiger partial charge in [0.15, 0.2) is 0 Å². The summed E-state index contributed by atoms with van der Waals surface area (Å²) in [4.78, 5) is 10.1. The van der Waals surface area contributed by atoms with E-state index in [0.717, 1.165) is 16.9 Å². The van der Waals surface area contributed by atoms with Crippen LogP contribution in [0.25, 0.3) is 0 Å². The van der Waals surface area contributed by atoms with Crippen LogP contribution in [-0.2, 0) is 0 Å². The summed E-state index contributed by atoms with van der Waals surface area (Å²) in [6, 6.07) is 9.68. The molecule has 2 aromatic rings. The second-order valence-electron chi connectivity index (χ2n) is 4.59. The third kappa shape index (κ3) is 3.42. The van der Waals surface area contributed by atoms with E-state index in [9.17, 15) is 10.1 Å². The number of benzene rings is 2. The molecule has 0 saturated heterocycles. The first-order valence-corrected chi connectivity index (χ1v) is 6.32. The Balaban J connectivity index is 2.23. The molecule has 6 nitrogen and oxygen atoms in total. The van der Waals surface area contributed by atoms with Crippen LogP contribution in [0.5, 0.6) is 5.75 Å². The maximum absolute atomic E-state index is 10.6. The molecular weight excluding hydrogens is 270 g/mol. The van der Waals surface area contributed by atoms with Crippen molar-refractivity contribution >= 4 is 17.1 Å². The van der Waals surface area contributed by atoms with Gasteiger partial charge in [-0.05, 0) is 49.2 Å².